The SMILES string of the molecule is [2H]c1c([2H])c(-c2c3c([2H])c([2H])c([2H])c([2H])c3c(-c3c([2H])c([2H])c4c([2H])c([2H])c([2H])c([2H])c4c3[2H])c3c([2H])c([2H])c([2H])c([2H])c23)c2c(oc3c([2H])c4c([2H])c([2H])c([2H])c([2H])c4c([2H])c32)c1[2H].[2H]c1c([2H])c([2H])c(-c2c([2H])c(-c3c4c([2H])c([2H])c([2H])c([2H])c4c(-c4c([2H])c([2H])c([2H])c5oc6c([2H])c7c([2H])c([2H])c([2H])c([2H])c7c([2H])c6c45)c4c([2H])c([2H])c([2H])c([2H])c34)c3c([2H])c([2H])c([2H])c([2H])c3c2[2H])c([2H])c1[2H].[2H]c1c([2H])c([2H])c(-c2c([2H])c([2H])c(-c3c4c([2H])c([2H])c([2H])c([2H])c4c(-c4c([2H])c([2H])c([2H])c5oc6c([2H])c7c([2H])c([2H])c([2H])c([2H])c7c([2H])c6c45)c4c([2H])c([2H])c([2H])c([2H])c34)c3c([2H])c([2H])c([2H])c([2H])c23)c([2H])c1[2H]. The third kappa shape index (κ3) is 12.7. The fourth-order valence-electron chi connectivity index (χ4n) is 16.9. The highest BCUT2D eigenvalue weighted by Crippen LogP contribution is 2.54. The topological polar surface area (TPSA) is 39.4 Å². The van der Waals surface area contributed by atoms with Gasteiger partial charge in [0.15, 0.2) is 0 Å². The van der Waals surface area contributed by atoms with Gasteiger partial charge < -0.3 is 13.3 Å². The van der Waals surface area contributed by atoms with Crippen LogP contribution in [0, 0.1) is 0 Å². The Bertz CT molecular complexity index is 15000. The number of furan rings is 3. The molecule has 0 aliphatic carbocycles. The first kappa shape index (κ1) is 31.8. The zero-order valence-electron chi connectivity index (χ0n) is 147. The molecule has 0 spiro atoms. The molecule has 0 atom stereocenters. The summed E-state index contributed by atoms with van der Waals surface area (Å²) in [5, 5.41) is -19.1. The molecular formula is C132H80O3. The Morgan fingerprint density at radius 2 is 0.385 bits per heavy atom. The van der Waals surface area contributed by atoms with Crippen LogP contribution >= 0.6 is 0 Å². The highest BCUT2D eigenvalue weighted by atomic mass is 16.3. The molecule has 0 aliphatic rings. The molecule has 0 saturated carbocycles. The lowest BCUT2D eigenvalue weighted by molar-refractivity contribution is 0.669. The molecule has 0 bridgehead atoms. The summed E-state index contributed by atoms with van der Waals surface area (Å²) in [4.78, 5) is 0. The van der Waals surface area contributed by atoms with Crippen molar-refractivity contribution in [2.75, 3.05) is 0 Å². The van der Waals surface area contributed by atoms with E-state index in [0.717, 1.165) is 0 Å². The van der Waals surface area contributed by atoms with Crippen molar-refractivity contribution >= 4 is 195 Å². The van der Waals surface area contributed by atoms with Crippen LogP contribution in [0.25, 0.3) is 284 Å². The molecule has 0 saturated heterocycles. The Morgan fingerprint density at radius 3 is 0.763 bits per heavy atom. The molecule has 0 amide bonds. The second-order valence-electron chi connectivity index (χ2n) is 29.5. The van der Waals surface area contributed by atoms with Crippen molar-refractivity contribution in [3.63, 3.8) is 0 Å². The third-order valence-electron chi connectivity index (χ3n) is 22.4. The number of benzene rings is 26. The zero-order valence-corrected chi connectivity index (χ0v) is 67.2. The van der Waals surface area contributed by atoms with E-state index in [-0.39, 0.29) is 0 Å². The van der Waals surface area contributed by atoms with Crippen molar-refractivity contribution in [3.8, 4) is 89.0 Å². The highest BCUT2D eigenvalue weighted by Gasteiger charge is 2.27. The standard InChI is InChI=1S/2C46H28O.C40H24O/c1-2-13-29(14-3-1)33-25-32-17-6-7-18-34(32)40(27-33)45-37-21-10-8-19-35(37)44(36-20-9-11-22-38(36)45)39-23-12-24-42-46(39)41-26-30-15-4-5-16-31(30)28-43(41)47-42;1-2-13-29(14-3-1)32-25-26-39(34-18-7-6-17-33(32)34)44-35-19-8-10-21-37(35)45(38-22-11-9-20-36(38)44)40-23-12-24-42-46(40)41-27-30-15-4-5-16-31(30)28-43(41)47-42;1-2-11-26-22-29(21-20-25(26)10-1)38-30-14-5-7-16-32(30)39(33-17-8-6-15-31(33)38)34-18-9-19-36-40(34)35-23-27-12-3-4-13-28(27)24-37(35)41-36/h2*1-28H;1-24H/i2*1D,2D,3D,4D,5D,6D,7D,8D,9D,10D,11D,12D,13D,14D,15D,16D,17D,18D,19D,20D,21D,22D,23D,24D,25D,26D,27D,28D;1D,2D,3D,4D,5D,6D,7D,8D,9D,10D,11D,12D,13D,14D,15D,16D,17D,18D,19D,20D,21D,22D,23D,24D. The summed E-state index contributed by atoms with van der Waals surface area (Å²) in [7, 11) is 0. The first-order valence-electron chi connectivity index (χ1n) is 80.0. The fraction of sp³-hybridized carbons (Fsp3) is 0. The maximum atomic E-state index is 9.99. The van der Waals surface area contributed by atoms with Gasteiger partial charge in [-0.3, -0.25) is 0 Å². The maximum Gasteiger partial charge on any atom is 0.136 e. The first-order chi connectivity index (χ1) is 100. The van der Waals surface area contributed by atoms with Crippen molar-refractivity contribution in [1.29, 1.82) is 0 Å². The van der Waals surface area contributed by atoms with Crippen LogP contribution < -0.4 is 0 Å². The molecule has 29 aromatic rings. The van der Waals surface area contributed by atoms with Gasteiger partial charge in [-0.1, -0.05) is 411 Å². The smallest absolute Gasteiger partial charge is 0.136 e. The van der Waals surface area contributed by atoms with Gasteiger partial charge in [-0.2, -0.15) is 0 Å². The predicted molar refractivity (Wildman–Crippen MR) is 575 cm³/mol. The number of rotatable bonds is 8. The van der Waals surface area contributed by atoms with Crippen LogP contribution in [-0.4, -0.2) is 0 Å². The van der Waals surface area contributed by atoms with Gasteiger partial charge in [-0.25, -0.2) is 0 Å². The normalized spacial score (nSPS) is 20.1. The van der Waals surface area contributed by atoms with Crippen LogP contribution in [0.15, 0.2) is 497 Å². The molecule has 3 heteroatoms. The van der Waals surface area contributed by atoms with Crippen LogP contribution in [0.2, 0.25) is 0 Å². The molecule has 0 aliphatic heterocycles. The summed E-state index contributed by atoms with van der Waals surface area (Å²) in [6.07, 6.45) is 0. The molecule has 0 N–H and O–H groups in total. The predicted octanol–water partition coefficient (Wildman–Crippen LogP) is 37.9. The molecular weight excluding hydrogens is 1630 g/mol. The maximum absolute atomic E-state index is 9.99. The van der Waals surface area contributed by atoms with E-state index < -0.39 is 767 Å². The third-order valence-corrected chi connectivity index (χ3v) is 22.4. The summed E-state index contributed by atoms with van der Waals surface area (Å²) in [5.41, 5.74) is -15.7. The second kappa shape index (κ2) is 31.5. The van der Waals surface area contributed by atoms with Crippen LogP contribution in [-0.2, 0) is 0 Å². The van der Waals surface area contributed by atoms with Crippen molar-refractivity contribution in [2.45, 2.75) is 0 Å². The minimum absolute atomic E-state index is 0.451. The van der Waals surface area contributed by atoms with Gasteiger partial charge in [0, 0.05) is 32.3 Å². The average Bonchev–Trinajstić information content (AvgIpc) is 1.67. The van der Waals surface area contributed by atoms with Gasteiger partial charge in [0.1, 0.15) is 33.5 Å². The zero-order chi connectivity index (χ0) is 158. The minimum Gasteiger partial charge on any atom is -0.456 e. The van der Waals surface area contributed by atoms with Crippen LogP contribution in [0.1, 0.15) is 110 Å². The summed E-state index contributed by atoms with van der Waals surface area (Å²) >= 11 is 0. The molecule has 0 radical (unpaired) electrons. The van der Waals surface area contributed by atoms with E-state index in [1.54, 1.807) is 0 Å². The Balaban J connectivity index is 0.000000145. The molecule has 3 aromatic heterocycles. The van der Waals surface area contributed by atoms with Crippen molar-refractivity contribution in [3.05, 3.63) is 483 Å². The molecule has 626 valence electrons. The molecule has 0 fully saturated rings. The Labute approximate surface area is 889 Å². The Kier molecular flexibility index (Phi) is 7.43. The lowest BCUT2D eigenvalue weighted by Crippen LogP contribution is -1.93. The van der Waals surface area contributed by atoms with Crippen LogP contribution in [0.3, 0.4) is 0 Å². The number of hydrogen-bond donors (Lipinski definition) is 0. The van der Waals surface area contributed by atoms with E-state index in [2.05, 4.69) is 0 Å². The van der Waals surface area contributed by atoms with Crippen molar-refractivity contribution in [1.82, 2.24) is 0 Å². The number of hydrogen-bond acceptors (Lipinski definition) is 3. The van der Waals surface area contributed by atoms with Gasteiger partial charge in [0.2, 0.25) is 0 Å². The van der Waals surface area contributed by atoms with Gasteiger partial charge in [0.25, 0.3) is 0 Å². The van der Waals surface area contributed by atoms with Crippen molar-refractivity contribution < 1.29 is 123 Å². The lowest BCUT2D eigenvalue weighted by Gasteiger charge is -2.20. The molecule has 26 aromatic carbocycles. The molecule has 0 unspecified atom stereocenters. The van der Waals surface area contributed by atoms with E-state index in [4.69, 9.17) is 83.2 Å². The molecule has 3 heterocycles. The van der Waals surface area contributed by atoms with E-state index in [9.17, 15) is 39.8 Å². The Hall–Kier alpha value is -17.8. The largest absolute Gasteiger partial charge is 0.456 e. The fourth-order valence-corrected chi connectivity index (χ4v) is 16.9. The second-order valence-corrected chi connectivity index (χ2v) is 29.5. The summed E-state index contributed by atoms with van der Waals surface area (Å²) in [5.74, 6) is 0. The van der Waals surface area contributed by atoms with Gasteiger partial charge in [-0.15, -0.1) is 0 Å². The molecule has 3 nitrogen and oxygen atoms in total. The average molecular weight is 1790 g/mol. The highest BCUT2D eigenvalue weighted by molar-refractivity contribution is 6.32. The quantitative estimate of drug-likeness (QED) is 0.142. The van der Waals surface area contributed by atoms with E-state index in [1.807, 2.05) is 0 Å². The number of fused-ring (bicyclic) bond motifs is 21. The van der Waals surface area contributed by atoms with Crippen molar-refractivity contribution in [2.24, 2.45) is 0 Å². The summed E-state index contributed by atoms with van der Waals surface area (Å²) < 4.78 is 739. The minimum atomic E-state index is -1.10. The van der Waals surface area contributed by atoms with E-state index >= 15 is 0 Å². The van der Waals surface area contributed by atoms with Gasteiger partial charge in [0.05, 0.1) is 110 Å². The first-order valence-corrected chi connectivity index (χ1v) is 40.0. The monoisotopic (exact) mass is 1790 g/mol. The molecule has 29 rings (SSSR count). The van der Waals surface area contributed by atoms with E-state index in [1.165, 1.54) is 0 Å². The summed E-state index contributed by atoms with van der Waals surface area (Å²) in [6.45, 7) is 0. The summed E-state index contributed by atoms with van der Waals surface area (Å²) in [6, 6.07) is -73.4. The lowest BCUT2D eigenvalue weighted by atomic mass is 9.83. The van der Waals surface area contributed by atoms with Crippen LogP contribution in [0.4, 0.5) is 0 Å². The van der Waals surface area contributed by atoms with Gasteiger partial charge in [-0.05, 0) is 291 Å². The van der Waals surface area contributed by atoms with E-state index in [0.29, 0.717) is 0 Å². The Morgan fingerprint density at radius 1 is 0.119 bits per heavy atom. The van der Waals surface area contributed by atoms with Crippen LogP contribution in [0.5, 0.6) is 0 Å². The molecule has 135 heavy (non-hydrogen) atoms. The van der Waals surface area contributed by atoms with Gasteiger partial charge >= 0.3 is 0 Å².